The van der Waals surface area contributed by atoms with E-state index in [9.17, 15) is 0 Å². The highest BCUT2D eigenvalue weighted by Gasteiger charge is 2.44. The fourth-order valence-electron chi connectivity index (χ4n) is 1.81. The van der Waals surface area contributed by atoms with E-state index in [0.717, 1.165) is 11.2 Å². The van der Waals surface area contributed by atoms with Gasteiger partial charge in [-0.05, 0) is 26.8 Å². The molecule has 0 aliphatic carbocycles. The molecule has 1 unspecified atom stereocenters. The summed E-state index contributed by atoms with van der Waals surface area (Å²) in [5, 5.41) is 3.71. The van der Waals surface area contributed by atoms with Gasteiger partial charge in [0.1, 0.15) is 0 Å². The van der Waals surface area contributed by atoms with Gasteiger partial charge in [0, 0.05) is 12.5 Å². The first kappa shape index (κ1) is 12.7. The van der Waals surface area contributed by atoms with E-state index in [4.69, 9.17) is 20.9 Å². The first-order valence-corrected chi connectivity index (χ1v) is 6.13. The predicted molar refractivity (Wildman–Crippen MR) is 72.1 cm³/mol. The lowest BCUT2D eigenvalue weighted by atomic mass is 9.79. The van der Waals surface area contributed by atoms with Crippen molar-refractivity contribution in [3.63, 3.8) is 0 Å². The summed E-state index contributed by atoms with van der Waals surface area (Å²) in [4.78, 5) is 0. The minimum Gasteiger partial charge on any atom is -0.402 e. The van der Waals surface area contributed by atoms with E-state index in [2.05, 4.69) is 5.32 Å². The smallest absolute Gasteiger partial charge is 0.402 e. The van der Waals surface area contributed by atoms with Crippen LogP contribution in [0.5, 0.6) is 0 Å². The van der Waals surface area contributed by atoms with Crippen molar-refractivity contribution in [2.24, 2.45) is 0 Å². The number of rotatable bonds is 2. The third-order valence-corrected chi connectivity index (χ3v) is 3.69. The Morgan fingerprint density at radius 2 is 2.12 bits per heavy atom. The molecule has 3 nitrogen and oxygen atoms in total. The normalized spacial score (nSPS) is 22.9. The number of halogens is 1. The highest BCUT2D eigenvalue weighted by molar-refractivity contribution is 6.66. The lowest BCUT2D eigenvalue weighted by molar-refractivity contribution is 0.0842. The molecular formula is C12H17BClNO2. The number of nitrogens with one attached hydrogen (secondary N) is 1. The summed E-state index contributed by atoms with van der Waals surface area (Å²) >= 11 is 6.31. The van der Waals surface area contributed by atoms with E-state index in [1.54, 1.807) is 0 Å². The highest BCUT2D eigenvalue weighted by Crippen LogP contribution is 2.29. The summed E-state index contributed by atoms with van der Waals surface area (Å²) in [5.74, 6) is 0. The molecule has 1 aliphatic rings. The summed E-state index contributed by atoms with van der Waals surface area (Å²) in [7, 11) is 1.45. The zero-order chi connectivity index (χ0) is 12.6. The van der Waals surface area contributed by atoms with Crippen LogP contribution in [0.1, 0.15) is 20.8 Å². The van der Waals surface area contributed by atoms with Gasteiger partial charge in [0.15, 0.2) is 0 Å². The van der Waals surface area contributed by atoms with Gasteiger partial charge in [-0.25, -0.2) is 0 Å². The van der Waals surface area contributed by atoms with Crippen LogP contribution >= 0.6 is 11.6 Å². The van der Waals surface area contributed by atoms with Crippen LogP contribution in [-0.2, 0) is 9.31 Å². The molecule has 2 rings (SSSR count). The average molecular weight is 254 g/mol. The third-order valence-electron chi connectivity index (χ3n) is 3.27. The van der Waals surface area contributed by atoms with Crippen LogP contribution in [0, 0.1) is 0 Å². The van der Waals surface area contributed by atoms with Crippen LogP contribution in [0.4, 0.5) is 5.69 Å². The van der Waals surface area contributed by atoms with Crippen molar-refractivity contribution >= 4 is 29.9 Å². The molecule has 0 amide bonds. The van der Waals surface area contributed by atoms with Crippen LogP contribution in [0.25, 0.3) is 0 Å². The second-order valence-electron chi connectivity index (χ2n) is 4.79. The Kier molecular flexibility index (Phi) is 3.39. The monoisotopic (exact) mass is 253 g/mol. The molecule has 1 N–H and O–H groups in total. The van der Waals surface area contributed by atoms with Gasteiger partial charge in [-0.15, -0.1) is 0 Å². The molecule has 0 spiro atoms. The van der Waals surface area contributed by atoms with E-state index < -0.39 is 0 Å². The van der Waals surface area contributed by atoms with Crippen LogP contribution in [0.3, 0.4) is 0 Å². The molecular weight excluding hydrogens is 236 g/mol. The van der Waals surface area contributed by atoms with Gasteiger partial charge in [0.05, 0.1) is 22.4 Å². The molecule has 1 fully saturated rings. The van der Waals surface area contributed by atoms with Crippen molar-refractivity contribution in [3.8, 4) is 0 Å². The second kappa shape index (κ2) is 4.52. The van der Waals surface area contributed by atoms with Gasteiger partial charge in [-0.3, -0.25) is 0 Å². The van der Waals surface area contributed by atoms with E-state index in [-0.39, 0.29) is 18.8 Å². The molecule has 92 valence electrons. The zero-order valence-corrected chi connectivity index (χ0v) is 11.3. The average Bonchev–Trinajstić information content (AvgIpc) is 2.53. The van der Waals surface area contributed by atoms with Crippen molar-refractivity contribution in [1.82, 2.24) is 0 Å². The van der Waals surface area contributed by atoms with E-state index in [0.29, 0.717) is 5.02 Å². The van der Waals surface area contributed by atoms with Crippen LogP contribution in [-0.4, -0.2) is 25.9 Å². The molecule has 0 saturated carbocycles. The van der Waals surface area contributed by atoms with Crippen LogP contribution < -0.4 is 10.8 Å². The summed E-state index contributed by atoms with van der Waals surface area (Å²) in [6, 6.07) is 5.80. The maximum absolute atomic E-state index is 6.31. The molecule has 1 aliphatic heterocycles. The number of anilines is 1. The van der Waals surface area contributed by atoms with Crippen molar-refractivity contribution in [3.05, 3.63) is 23.2 Å². The minimum absolute atomic E-state index is 0.0433. The van der Waals surface area contributed by atoms with Crippen molar-refractivity contribution in [1.29, 1.82) is 0 Å². The third kappa shape index (κ3) is 2.30. The molecule has 0 aromatic heterocycles. The maximum atomic E-state index is 6.31. The van der Waals surface area contributed by atoms with Crippen LogP contribution in [0.2, 0.25) is 5.02 Å². The molecule has 17 heavy (non-hydrogen) atoms. The molecule has 5 heteroatoms. The molecule has 1 aromatic rings. The lowest BCUT2D eigenvalue weighted by Crippen LogP contribution is -2.35. The molecule has 1 atom stereocenters. The SMILES string of the molecule is CNc1cccc(B2OC(C)C(C)(C)O2)c1Cl. The quantitative estimate of drug-likeness (QED) is 0.821. The van der Waals surface area contributed by atoms with Gasteiger partial charge < -0.3 is 14.6 Å². The molecule has 0 bridgehead atoms. The summed E-state index contributed by atoms with van der Waals surface area (Å²) in [6.07, 6.45) is 0.0433. The number of benzene rings is 1. The lowest BCUT2D eigenvalue weighted by Gasteiger charge is -2.21. The second-order valence-corrected chi connectivity index (χ2v) is 5.17. The van der Waals surface area contributed by atoms with Crippen LogP contribution in [0.15, 0.2) is 18.2 Å². The van der Waals surface area contributed by atoms with Gasteiger partial charge >= 0.3 is 7.12 Å². The molecule has 0 radical (unpaired) electrons. The van der Waals surface area contributed by atoms with Crippen molar-refractivity contribution in [2.75, 3.05) is 12.4 Å². The van der Waals surface area contributed by atoms with Crippen molar-refractivity contribution in [2.45, 2.75) is 32.5 Å². The van der Waals surface area contributed by atoms with E-state index in [1.807, 2.05) is 46.0 Å². The zero-order valence-electron chi connectivity index (χ0n) is 10.6. The summed E-state index contributed by atoms with van der Waals surface area (Å²) in [6.45, 7) is 6.05. The number of hydrogen-bond donors (Lipinski definition) is 1. The Balaban J connectivity index is 2.31. The fourth-order valence-corrected chi connectivity index (χ4v) is 2.12. The van der Waals surface area contributed by atoms with Gasteiger partial charge in [0.25, 0.3) is 0 Å². The Morgan fingerprint density at radius 3 is 2.65 bits per heavy atom. The van der Waals surface area contributed by atoms with Gasteiger partial charge in [-0.1, -0.05) is 23.7 Å². The topological polar surface area (TPSA) is 30.5 Å². The maximum Gasteiger partial charge on any atom is 0.496 e. The number of hydrogen-bond acceptors (Lipinski definition) is 3. The Morgan fingerprint density at radius 1 is 1.41 bits per heavy atom. The summed E-state index contributed by atoms with van der Waals surface area (Å²) in [5.41, 5.74) is 1.47. The Hall–Kier alpha value is -0.705. The first-order chi connectivity index (χ1) is 7.95. The minimum atomic E-state index is -0.388. The highest BCUT2D eigenvalue weighted by atomic mass is 35.5. The molecule has 1 saturated heterocycles. The Labute approximate surface area is 108 Å². The van der Waals surface area contributed by atoms with E-state index in [1.165, 1.54) is 0 Å². The van der Waals surface area contributed by atoms with Crippen molar-refractivity contribution < 1.29 is 9.31 Å². The van der Waals surface area contributed by atoms with Gasteiger partial charge in [-0.2, -0.15) is 0 Å². The predicted octanol–water partition coefficient (Wildman–Crippen LogP) is 2.29. The molecule has 1 heterocycles. The largest absolute Gasteiger partial charge is 0.496 e. The first-order valence-electron chi connectivity index (χ1n) is 5.75. The fraction of sp³-hybridized carbons (Fsp3) is 0.500. The van der Waals surface area contributed by atoms with E-state index >= 15 is 0 Å². The van der Waals surface area contributed by atoms with Gasteiger partial charge in [0.2, 0.25) is 0 Å². The summed E-state index contributed by atoms with van der Waals surface area (Å²) < 4.78 is 11.7. The standard InChI is InChI=1S/C12H17BClNO2/c1-8-12(2,3)17-13(16-8)9-6-5-7-10(15-4)11(9)14/h5-8,15H,1-4H3. The Bertz CT molecular complexity index is 425. The molecule has 1 aromatic carbocycles.